The molecule has 1 unspecified atom stereocenters. The van der Waals surface area contributed by atoms with Crippen LogP contribution in [-0.4, -0.2) is 63.2 Å². The highest BCUT2D eigenvalue weighted by Gasteiger charge is 2.24. The molecule has 0 saturated carbocycles. The molecule has 10 nitrogen and oxygen atoms in total. The topological polar surface area (TPSA) is 115 Å². The molecule has 30 heavy (non-hydrogen) atoms. The molecule has 1 aliphatic rings. The predicted octanol–water partition coefficient (Wildman–Crippen LogP) is 0.00822. The molecular weight excluding hydrogens is 390 g/mol. The molecule has 0 aliphatic carbocycles. The number of imidazole rings is 1. The van der Waals surface area contributed by atoms with E-state index in [1.165, 1.54) is 4.57 Å². The van der Waals surface area contributed by atoms with Gasteiger partial charge in [0.25, 0.3) is 5.56 Å². The fourth-order valence-electron chi connectivity index (χ4n) is 3.49. The normalized spacial score (nSPS) is 15.5. The first-order valence-electron chi connectivity index (χ1n) is 9.84. The van der Waals surface area contributed by atoms with E-state index in [0.29, 0.717) is 38.0 Å². The minimum atomic E-state index is -0.889. The number of nitrogens with one attached hydrogen (secondary N) is 1. The second-order valence-corrected chi connectivity index (χ2v) is 7.39. The molecule has 1 atom stereocenters. The number of hydrogen-bond acceptors (Lipinski definition) is 7. The maximum absolute atomic E-state index is 12.6. The van der Waals surface area contributed by atoms with Crippen molar-refractivity contribution in [2.24, 2.45) is 7.05 Å². The lowest BCUT2D eigenvalue weighted by Gasteiger charge is -2.28. The summed E-state index contributed by atoms with van der Waals surface area (Å²) in [6.07, 6.45) is -0.889. The van der Waals surface area contributed by atoms with E-state index in [2.05, 4.69) is 9.97 Å². The third kappa shape index (κ3) is 3.96. The second-order valence-electron chi connectivity index (χ2n) is 7.39. The summed E-state index contributed by atoms with van der Waals surface area (Å²) in [5.74, 6) is 1.18. The van der Waals surface area contributed by atoms with Crippen LogP contribution in [0.15, 0.2) is 33.9 Å². The Hall–Kier alpha value is -3.11. The average molecular weight is 415 g/mol. The minimum Gasteiger partial charge on any atom is -0.491 e. The van der Waals surface area contributed by atoms with Gasteiger partial charge in [0.2, 0.25) is 5.95 Å². The van der Waals surface area contributed by atoms with E-state index in [9.17, 15) is 14.7 Å². The Labute approximate surface area is 172 Å². The summed E-state index contributed by atoms with van der Waals surface area (Å²) in [4.78, 5) is 33.4. The number of benzene rings is 1. The van der Waals surface area contributed by atoms with E-state index in [4.69, 9.17) is 9.47 Å². The summed E-state index contributed by atoms with van der Waals surface area (Å²) in [5.41, 5.74) is 0.568. The van der Waals surface area contributed by atoms with Crippen LogP contribution in [0, 0.1) is 6.92 Å². The van der Waals surface area contributed by atoms with Gasteiger partial charge >= 0.3 is 5.69 Å². The minimum absolute atomic E-state index is 0.0505. The fraction of sp³-hybridized carbons (Fsp3) is 0.450. The standard InChI is InChI=1S/C20H25N5O5/c1-13-3-5-15(6-4-13)30-12-14(26)11-25-16-17(23(2)20(28)22-18(16)27)21-19(25)24-7-9-29-10-8-24/h3-6,14,26H,7-12H2,1-2H3,(H,22,27,28). The lowest BCUT2D eigenvalue weighted by atomic mass is 10.2. The summed E-state index contributed by atoms with van der Waals surface area (Å²) in [7, 11) is 1.55. The molecule has 3 heterocycles. The van der Waals surface area contributed by atoms with Crippen LogP contribution in [-0.2, 0) is 18.3 Å². The number of nitrogens with zero attached hydrogens (tertiary/aromatic N) is 4. The monoisotopic (exact) mass is 415 g/mol. The summed E-state index contributed by atoms with van der Waals surface area (Å²) in [6.45, 7) is 4.41. The highest BCUT2D eigenvalue weighted by molar-refractivity contribution is 5.74. The third-order valence-corrected chi connectivity index (χ3v) is 5.14. The van der Waals surface area contributed by atoms with E-state index < -0.39 is 17.4 Å². The van der Waals surface area contributed by atoms with E-state index in [1.54, 1.807) is 11.6 Å². The molecule has 1 fully saturated rings. The van der Waals surface area contributed by atoms with Crippen molar-refractivity contribution >= 4 is 17.1 Å². The lowest BCUT2D eigenvalue weighted by Crippen LogP contribution is -2.39. The molecular formula is C20H25N5O5. The van der Waals surface area contributed by atoms with Crippen molar-refractivity contribution in [1.29, 1.82) is 0 Å². The van der Waals surface area contributed by atoms with Gasteiger partial charge in [0, 0.05) is 20.1 Å². The zero-order chi connectivity index (χ0) is 21.3. The van der Waals surface area contributed by atoms with Crippen molar-refractivity contribution in [2.75, 3.05) is 37.8 Å². The maximum atomic E-state index is 12.6. The number of hydrogen-bond donors (Lipinski definition) is 2. The van der Waals surface area contributed by atoms with Gasteiger partial charge in [-0.25, -0.2) is 4.79 Å². The smallest absolute Gasteiger partial charge is 0.329 e. The van der Waals surface area contributed by atoms with Crippen molar-refractivity contribution in [1.82, 2.24) is 19.1 Å². The Morgan fingerprint density at radius 3 is 2.63 bits per heavy atom. The van der Waals surface area contributed by atoms with Crippen LogP contribution in [0.3, 0.4) is 0 Å². The van der Waals surface area contributed by atoms with E-state index >= 15 is 0 Å². The Morgan fingerprint density at radius 1 is 1.23 bits per heavy atom. The first kappa shape index (κ1) is 20.2. The number of rotatable bonds is 6. The summed E-state index contributed by atoms with van der Waals surface area (Å²) in [5, 5.41) is 10.6. The van der Waals surface area contributed by atoms with Gasteiger partial charge < -0.3 is 24.0 Å². The van der Waals surface area contributed by atoms with E-state index in [-0.39, 0.29) is 24.3 Å². The van der Waals surface area contributed by atoms with Gasteiger partial charge in [-0.3, -0.25) is 14.3 Å². The molecule has 0 spiro atoms. The molecule has 3 aromatic rings. The van der Waals surface area contributed by atoms with Gasteiger partial charge in [-0.15, -0.1) is 0 Å². The van der Waals surface area contributed by atoms with Crippen LogP contribution in [0.4, 0.5) is 5.95 Å². The molecule has 2 aromatic heterocycles. The number of ether oxygens (including phenoxy) is 2. The van der Waals surface area contributed by atoms with Crippen LogP contribution < -0.4 is 20.9 Å². The second kappa shape index (κ2) is 8.33. The number of aromatic amines is 1. The van der Waals surface area contributed by atoms with Gasteiger partial charge in [-0.1, -0.05) is 17.7 Å². The fourth-order valence-corrected chi connectivity index (χ4v) is 3.49. The van der Waals surface area contributed by atoms with Crippen molar-refractivity contribution < 1.29 is 14.6 Å². The van der Waals surface area contributed by atoms with Crippen molar-refractivity contribution in [2.45, 2.75) is 19.6 Å². The van der Waals surface area contributed by atoms with E-state index in [1.807, 2.05) is 36.1 Å². The molecule has 0 bridgehead atoms. The Kier molecular flexibility index (Phi) is 5.60. The zero-order valence-corrected chi connectivity index (χ0v) is 17.0. The SMILES string of the molecule is Cc1ccc(OCC(O)Cn2c(N3CCOCC3)nc3c2c(=O)[nH]c(=O)n3C)cc1. The van der Waals surface area contributed by atoms with Gasteiger partial charge in [0.15, 0.2) is 11.2 Å². The highest BCUT2D eigenvalue weighted by Crippen LogP contribution is 2.21. The molecule has 10 heteroatoms. The molecule has 2 N–H and O–H groups in total. The molecule has 1 aromatic carbocycles. The highest BCUT2D eigenvalue weighted by atomic mass is 16.5. The number of morpholine rings is 1. The largest absolute Gasteiger partial charge is 0.491 e. The molecule has 4 rings (SSSR count). The maximum Gasteiger partial charge on any atom is 0.329 e. The number of aryl methyl sites for hydroxylation is 2. The Balaban J connectivity index is 1.65. The predicted molar refractivity (Wildman–Crippen MR) is 111 cm³/mol. The summed E-state index contributed by atoms with van der Waals surface area (Å²) in [6, 6.07) is 7.55. The summed E-state index contributed by atoms with van der Waals surface area (Å²) < 4.78 is 14.0. The first-order valence-corrected chi connectivity index (χ1v) is 9.84. The van der Waals surface area contributed by atoms with Crippen LogP contribution in [0.25, 0.3) is 11.2 Å². The van der Waals surface area contributed by atoms with Crippen molar-refractivity contribution in [3.8, 4) is 5.75 Å². The average Bonchev–Trinajstić information content (AvgIpc) is 3.12. The van der Waals surface area contributed by atoms with Gasteiger partial charge in [0.05, 0.1) is 19.8 Å². The molecule has 160 valence electrons. The van der Waals surface area contributed by atoms with Gasteiger partial charge in [0.1, 0.15) is 18.5 Å². The Bertz CT molecular complexity index is 1140. The molecule has 1 aliphatic heterocycles. The lowest BCUT2D eigenvalue weighted by molar-refractivity contribution is 0.0927. The van der Waals surface area contributed by atoms with Crippen LogP contribution >= 0.6 is 0 Å². The molecule has 0 radical (unpaired) electrons. The quantitative estimate of drug-likeness (QED) is 0.583. The molecule has 0 amide bonds. The van der Waals surface area contributed by atoms with Crippen LogP contribution in [0.2, 0.25) is 0 Å². The Morgan fingerprint density at radius 2 is 1.93 bits per heavy atom. The van der Waals surface area contributed by atoms with Gasteiger partial charge in [-0.2, -0.15) is 4.98 Å². The first-order chi connectivity index (χ1) is 14.4. The third-order valence-electron chi connectivity index (χ3n) is 5.14. The van der Waals surface area contributed by atoms with Crippen molar-refractivity contribution in [3.05, 3.63) is 50.7 Å². The number of aliphatic hydroxyl groups excluding tert-OH is 1. The molecule has 1 saturated heterocycles. The summed E-state index contributed by atoms with van der Waals surface area (Å²) >= 11 is 0. The van der Waals surface area contributed by atoms with Gasteiger partial charge in [-0.05, 0) is 19.1 Å². The van der Waals surface area contributed by atoms with E-state index in [0.717, 1.165) is 5.56 Å². The van der Waals surface area contributed by atoms with Crippen LogP contribution in [0.1, 0.15) is 5.56 Å². The number of aliphatic hydroxyl groups is 1. The number of fused-ring (bicyclic) bond motifs is 1. The van der Waals surface area contributed by atoms with Crippen molar-refractivity contribution in [3.63, 3.8) is 0 Å². The number of anilines is 1. The number of aromatic nitrogens is 4. The van der Waals surface area contributed by atoms with Crippen LogP contribution in [0.5, 0.6) is 5.75 Å². The number of H-pyrrole nitrogens is 1. The zero-order valence-electron chi connectivity index (χ0n) is 17.0.